The maximum absolute atomic E-state index is 12.5. The molecule has 3 unspecified atom stereocenters. The Kier molecular flexibility index (Phi) is 4.81. The van der Waals surface area contributed by atoms with Gasteiger partial charge in [-0.2, -0.15) is 0 Å². The number of halogens is 1. The van der Waals surface area contributed by atoms with Gasteiger partial charge in [0, 0.05) is 23.8 Å². The van der Waals surface area contributed by atoms with Crippen LogP contribution >= 0.6 is 11.6 Å². The number of hydrogen-bond acceptors (Lipinski definition) is 4. The molecule has 0 radical (unpaired) electrons. The van der Waals surface area contributed by atoms with Gasteiger partial charge in [0.05, 0.1) is 23.3 Å². The summed E-state index contributed by atoms with van der Waals surface area (Å²) in [7, 11) is -1.42. The topological polar surface area (TPSA) is 83.6 Å². The van der Waals surface area contributed by atoms with Gasteiger partial charge >= 0.3 is 0 Å². The van der Waals surface area contributed by atoms with Crippen molar-refractivity contribution < 1.29 is 18.0 Å². The minimum Gasteiger partial charge on any atom is -0.341 e. The molecule has 25 heavy (non-hydrogen) atoms. The van der Waals surface area contributed by atoms with Crippen LogP contribution in [0, 0.1) is 18.8 Å². The summed E-state index contributed by atoms with van der Waals surface area (Å²) in [4.78, 5) is 26.4. The van der Waals surface area contributed by atoms with E-state index in [1.165, 1.54) is 4.90 Å². The van der Waals surface area contributed by atoms with Gasteiger partial charge in [0.15, 0.2) is 9.84 Å². The molecule has 1 aliphatic carbocycles. The summed E-state index contributed by atoms with van der Waals surface area (Å²) in [6.45, 7) is 1.82. The minimum atomic E-state index is -3.04. The zero-order valence-electron chi connectivity index (χ0n) is 14.2. The third-order valence-electron chi connectivity index (χ3n) is 5.07. The van der Waals surface area contributed by atoms with Crippen LogP contribution in [0.25, 0.3) is 0 Å². The molecule has 136 valence electrons. The molecule has 1 heterocycles. The van der Waals surface area contributed by atoms with Gasteiger partial charge in [-0.3, -0.25) is 9.59 Å². The van der Waals surface area contributed by atoms with E-state index in [9.17, 15) is 18.0 Å². The highest BCUT2D eigenvalue weighted by atomic mass is 35.5. The van der Waals surface area contributed by atoms with E-state index in [4.69, 9.17) is 11.6 Å². The number of amides is 2. The molecule has 3 rings (SSSR count). The van der Waals surface area contributed by atoms with Crippen LogP contribution in [0.4, 0.5) is 5.69 Å². The first-order valence-electron chi connectivity index (χ1n) is 8.22. The van der Waals surface area contributed by atoms with Crippen molar-refractivity contribution in [3.8, 4) is 0 Å². The van der Waals surface area contributed by atoms with Gasteiger partial charge in [-0.25, -0.2) is 8.42 Å². The van der Waals surface area contributed by atoms with Crippen molar-refractivity contribution >= 4 is 38.9 Å². The Morgan fingerprint density at radius 3 is 2.64 bits per heavy atom. The van der Waals surface area contributed by atoms with E-state index in [1.807, 2.05) is 6.92 Å². The summed E-state index contributed by atoms with van der Waals surface area (Å²) in [5.74, 6) is -0.946. The lowest BCUT2D eigenvalue weighted by molar-refractivity contribution is -0.134. The summed E-state index contributed by atoms with van der Waals surface area (Å²) in [6, 6.07) is 5.00. The van der Waals surface area contributed by atoms with Crippen molar-refractivity contribution in [1.29, 1.82) is 0 Å². The maximum Gasteiger partial charge on any atom is 0.228 e. The van der Waals surface area contributed by atoms with E-state index in [2.05, 4.69) is 5.32 Å². The lowest BCUT2D eigenvalue weighted by Gasteiger charge is -2.23. The summed E-state index contributed by atoms with van der Waals surface area (Å²) >= 11 is 6.05. The fourth-order valence-electron chi connectivity index (χ4n) is 3.25. The summed E-state index contributed by atoms with van der Waals surface area (Å²) in [5, 5.41) is 3.40. The Hall–Kier alpha value is -1.60. The van der Waals surface area contributed by atoms with Gasteiger partial charge < -0.3 is 10.2 Å². The van der Waals surface area contributed by atoms with Crippen LogP contribution in [0.3, 0.4) is 0 Å². The lowest BCUT2D eigenvalue weighted by Crippen LogP contribution is -2.39. The van der Waals surface area contributed by atoms with Gasteiger partial charge in [-0.1, -0.05) is 17.7 Å². The fourth-order valence-corrected chi connectivity index (χ4v) is 5.20. The molecule has 2 fully saturated rings. The molecule has 1 saturated carbocycles. The molecule has 0 bridgehead atoms. The monoisotopic (exact) mass is 384 g/mol. The smallest absolute Gasteiger partial charge is 0.228 e. The molecule has 1 aromatic carbocycles. The second-order valence-corrected chi connectivity index (χ2v) is 9.49. The first-order chi connectivity index (χ1) is 11.7. The molecule has 2 aliphatic rings. The normalized spacial score (nSPS) is 26.9. The van der Waals surface area contributed by atoms with Crippen LogP contribution in [0.1, 0.15) is 18.4 Å². The molecule has 3 atom stereocenters. The van der Waals surface area contributed by atoms with Crippen LogP contribution < -0.4 is 5.32 Å². The number of nitrogens with one attached hydrogen (secondary N) is 1. The highest BCUT2D eigenvalue weighted by molar-refractivity contribution is 7.91. The van der Waals surface area contributed by atoms with E-state index in [0.29, 0.717) is 23.6 Å². The summed E-state index contributed by atoms with van der Waals surface area (Å²) in [6.07, 6.45) is 0.962. The van der Waals surface area contributed by atoms with Crippen LogP contribution in [-0.4, -0.2) is 49.7 Å². The average Bonchev–Trinajstić information content (AvgIpc) is 3.27. The van der Waals surface area contributed by atoms with Crippen LogP contribution in [0.5, 0.6) is 0 Å². The molecule has 1 N–H and O–H groups in total. The molecule has 6 nitrogen and oxygen atoms in total. The van der Waals surface area contributed by atoms with Crippen molar-refractivity contribution in [2.24, 2.45) is 11.8 Å². The predicted molar refractivity (Wildman–Crippen MR) is 96.2 cm³/mol. The van der Waals surface area contributed by atoms with Crippen LogP contribution in [-0.2, 0) is 19.4 Å². The standard InChI is InChI=1S/C17H21ClN2O4S/c1-10-14(18)4-3-5-15(10)19-16(21)12-8-13(12)17(22)20(2)11-6-7-25(23,24)9-11/h3-5,11-13H,6-9H2,1-2H3,(H,19,21). The van der Waals surface area contributed by atoms with Crippen molar-refractivity contribution in [1.82, 2.24) is 4.90 Å². The molecular weight excluding hydrogens is 364 g/mol. The highest BCUT2D eigenvalue weighted by Gasteiger charge is 2.50. The third-order valence-corrected chi connectivity index (χ3v) is 7.23. The number of nitrogens with zero attached hydrogens (tertiary/aromatic N) is 1. The van der Waals surface area contributed by atoms with Gasteiger partial charge in [0.2, 0.25) is 11.8 Å². The number of carbonyl (C=O) groups excluding carboxylic acids is 2. The van der Waals surface area contributed by atoms with Gasteiger partial charge in [-0.15, -0.1) is 0 Å². The number of rotatable bonds is 4. The summed E-state index contributed by atoms with van der Waals surface area (Å²) in [5.41, 5.74) is 1.43. The molecule has 0 aromatic heterocycles. The summed E-state index contributed by atoms with van der Waals surface area (Å²) < 4.78 is 23.2. The van der Waals surface area contributed by atoms with E-state index in [0.717, 1.165) is 5.56 Å². The average molecular weight is 385 g/mol. The second-order valence-electron chi connectivity index (χ2n) is 6.86. The molecule has 1 saturated heterocycles. The SMILES string of the molecule is Cc1c(Cl)cccc1NC(=O)C1CC1C(=O)N(C)C1CCS(=O)(=O)C1. The second kappa shape index (κ2) is 6.61. The van der Waals surface area contributed by atoms with Gasteiger partial charge in [0.1, 0.15) is 0 Å². The van der Waals surface area contributed by atoms with Crippen LogP contribution in [0.2, 0.25) is 5.02 Å². The Labute approximate surface area is 152 Å². The zero-order chi connectivity index (χ0) is 18.4. The Bertz CT molecular complexity index is 824. The Morgan fingerprint density at radius 2 is 2.00 bits per heavy atom. The molecule has 1 aliphatic heterocycles. The number of anilines is 1. The largest absolute Gasteiger partial charge is 0.341 e. The van der Waals surface area contributed by atoms with E-state index in [1.54, 1.807) is 25.2 Å². The van der Waals surface area contributed by atoms with E-state index < -0.39 is 9.84 Å². The van der Waals surface area contributed by atoms with Gasteiger partial charge in [0.25, 0.3) is 0 Å². The van der Waals surface area contributed by atoms with Crippen LogP contribution in [0.15, 0.2) is 18.2 Å². The maximum atomic E-state index is 12.5. The first kappa shape index (κ1) is 18.2. The van der Waals surface area contributed by atoms with E-state index >= 15 is 0 Å². The quantitative estimate of drug-likeness (QED) is 0.858. The predicted octanol–water partition coefficient (Wildman–Crippen LogP) is 1.87. The third kappa shape index (κ3) is 3.82. The Morgan fingerprint density at radius 1 is 1.28 bits per heavy atom. The lowest BCUT2D eigenvalue weighted by atomic mass is 10.1. The minimum absolute atomic E-state index is 0.0144. The van der Waals surface area contributed by atoms with Crippen molar-refractivity contribution in [2.75, 3.05) is 23.9 Å². The number of carbonyl (C=O) groups is 2. The van der Waals surface area contributed by atoms with Crippen molar-refractivity contribution in [2.45, 2.75) is 25.8 Å². The Balaban J connectivity index is 1.59. The zero-order valence-corrected chi connectivity index (χ0v) is 15.7. The fraction of sp³-hybridized carbons (Fsp3) is 0.529. The van der Waals surface area contributed by atoms with Crippen molar-refractivity contribution in [3.63, 3.8) is 0 Å². The molecule has 8 heteroatoms. The molecule has 0 spiro atoms. The van der Waals surface area contributed by atoms with Crippen molar-refractivity contribution in [3.05, 3.63) is 28.8 Å². The van der Waals surface area contributed by atoms with Gasteiger partial charge in [-0.05, 0) is 37.5 Å². The molecule has 2 amide bonds. The molecular formula is C17H21ClN2O4S. The molecule has 1 aromatic rings. The number of benzene rings is 1. The van der Waals surface area contributed by atoms with E-state index in [-0.39, 0.29) is 41.2 Å². The number of sulfone groups is 1. The first-order valence-corrected chi connectivity index (χ1v) is 10.4. The number of hydrogen-bond donors (Lipinski definition) is 1. The highest BCUT2D eigenvalue weighted by Crippen LogP contribution is 2.41.